The zero-order chi connectivity index (χ0) is 29.0. The first-order valence-corrected chi connectivity index (χ1v) is 12.5. The van der Waals surface area contributed by atoms with Gasteiger partial charge in [0.05, 0.1) is 11.4 Å². The Bertz CT molecular complexity index is 1050. The van der Waals surface area contributed by atoms with Gasteiger partial charge >= 0.3 is 0 Å². The highest BCUT2D eigenvalue weighted by molar-refractivity contribution is 6.48. The lowest BCUT2D eigenvalue weighted by Crippen LogP contribution is -2.01. The molecule has 0 unspecified atom stereocenters. The summed E-state index contributed by atoms with van der Waals surface area (Å²) in [5.74, 6) is -0.583. The van der Waals surface area contributed by atoms with Crippen LogP contribution in [0.5, 0.6) is 0 Å². The SMILES string of the molecule is C=CCC(C)(Cl)Cl.C=Cc1ccc(C)cc1F.CC.CNc1cccc(N)c1F.Cc1cccc(N)c1. The van der Waals surface area contributed by atoms with Crippen molar-refractivity contribution >= 4 is 46.3 Å². The Morgan fingerprint density at radius 2 is 1.49 bits per heavy atom. The second-order valence-electron chi connectivity index (χ2n) is 7.67. The van der Waals surface area contributed by atoms with Gasteiger partial charge in [0, 0.05) is 18.3 Å². The minimum Gasteiger partial charge on any atom is -0.399 e. The van der Waals surface area contributed by atoms with Crippen molar-refractivity contribution in [1.29, 1.82) is 0 Å². The van der Waals surface area contributed by atoms with Gasteiger partial charge in [0.2, 0.25) is 0 Å². The lowest BCUT2D eigenvalue weighted by atomic mass is 10.1. The van der Waals surface area contributed by atoms with E-state index in [0.29, 0.717) is 17.7 Å². The maximum atomic E-state index is 12.8. The molecule has 0 heterocycles. The highest BCUT2D eigenvalue weighted by Crippen LogP contribution is 2.23. The third-order valence-corrected chi connectivity index (χ3v) is 4.53. The van der Waals surface area contributed by atoms with Crippen molar-refractivity contribution in [3.05, 3.63) is 108 Å². The minimum atomic E-state index is -0.623. The Morgan fingerprint density at radius 3 is 1.84 bits per heavy atom. The number of hydrogen-bond donors (Lipinski definition) is 3. The van der Waals surface area contributed by atoms with Gasteiger partial charge in [-0.15, -0.1) is 29.8 Å². The second-order valence-corrected chi connectivity index (χ2v) is 9.53. The molecule has 0 aliphatic carbocycles. The van der Waals surface area contributed by atoms with E-state index < -0.39 is 4.33 Å². The van der Waals surface area contributed by atoms with Gasteiger partial charge in [-0.25, -0.2) is 8.78 Å². The molecule has 204 valence electrons. The van der Waals surface area contributed by atoms with Crippen molar-refractivity contribution in [2.75, 3.05) is 23.8 Å². The third kappa shape index (κ3) is 18.0. The Hall–Kier alpha value is -3.02. The maximum Gasteiger partial charge on any atom is 0.169 e. The van der Waals surface area contributed by atoms with Crippen LogP contribution in [0, 0.1) is 25.5 Å². The molecule has 0 fully saturated rings. The van der Waals surface area contributed by atoms with Crippen LogP contribution in [0.25, 0.3) is 6.08 Å². The van der Waals surface area contributed by atoms with Crippen LogP contribution < -0.4 is 16.8 Å². The highest BCUT2D eigenvalue weighted by Gasteiger charge is 2.11. The predicted molar refractivity (Wildman–Crippen MR) is 163 cm³/mol. The molecule has 5 N–H and O–H groups in total. The predicted octanol–water partition coefficient (Wildman–Crippen LogP) is 9.59. The van der Waals surface area contributed by atoms with E-state index in [9.17, 15) is 8.78 Å². The van der Waals surface area contributed by atoms with Crippen molar-refractivity contribution in [1.82, 2.24) is 0 Å². The number of benzene rings is 3. The zero-order valence-corrected chi connectivity index (χ0v) is 24.2. The summed E-state index contributed by atoms with van der Waals surface area (Å²) in [5, 5.41) is 2.68. The largest absolute Gasteiger partial charge is 0.399 e. The first kappa shape index (κ1) is 36.1. The van der Waals surface area contributed by atoms with Crippen LogP contribution in [0.15, 0.2) is 79.9 Å². The van der Waals surface area contributed by atoms with Crippen molar-refractivity contribution in [2.45, 2.75) is 45.4 Å². The molecule has 0 aliphatic rings. The summed E-state index contributed by atoms with van der Waals surface area (Å²) in [6.07, 6.45) is 3.84. The van der Waals surface area contributed by atoms with Crippen LogP contribution in [0.4, 0.5) is 25.8 Å². The van der Waals surface area contributed by atoms with Crippen molar-refractivity contribution in [3.8, 4) is 0 Å². The van der Waals surface area contributed by atoms with Gasteiger partial charge in [-0.2, -0.15) is 0 Å². The van der Waals surface area contributed by atoms with E-state index in [1.54, 1.807) is 38.2 Å². The van der Waals surface area contributed by atoms with Gasteiger partial charge in [-0.1, -0.05) is 62.9 Å². The Kier molecular flexibility index (Phi) is 19.6. The van der Waals surface area contributed by atoms with Crippen molar-refractivity contribution in [3.63, 3.8) is 0 Å². The van der Waals surface area contributed by atoms with E-state index in [2.05, 4.69) is 18.5 Å². The first-order valence-electron chi connectivity index (χ1n) is 11.8. The van der Waals surface area contributed by atoms with Gasteiger partial charge in [-0.3, -0.25) is 0 Å². The van der Waals surface area contributed by atoms with Gasteiger partial charge in [-0.05, 0) is 68.7 Å². The number of nitrogen functional groups attached to an aromatic ring is 2. The van der Waals surface area contributed by atoms with Gasteiger partial charge in [0.25, 0.3) is 0 Å². The third-order valence-electron chi connectivity index (χ3n) is 4.22. The molecule has 0 amide bonds. The number of alkyl halides is 2. The van der Waals surface area contributed by atoms with Crippen LogP contribution in [0.2, 0.25) is 0 Å². The molecule has 3 aromatic rings. The summed E-state index contributed by atoms with van der Waals surface area (Å²) in [5.41, 5.74) is 14.9. The number of hydrogen-bond acceptors (Lipinski definition) is 3. The molecule has 0 bridgehead atoms. The molecule has 3 nitrogen and oxygen atoms in total. The molecule has 0 aliphatic heterocycles. The molecule has 0 saturated heterocycles. The molecule has 0 spiro atoms. The number of nitrogens with two attached hydrogens (primary N) is 2. The van der Waals surface area contributed by atoms with E-state index in [0.717, 1.165) is 11.3 Å². The Balaban J connectivity index is 0. The summed E-state index contributed by atoms with van der Waals surface area (Å²) >= 11 is 11.1. The number of halogens is 4. The van der Waals surface area contributed by atoms with Gasteiger partial charge < -0.3 is 16.8 Å². The zero-order valence-electron chi connectivity index (χ0n) is 22.7. The van der Waals surface area contributed by atoms with E-state index in [1.165, 1.54) is 23.8 Å². The van der Waals surface area contributed by atoms with Crippen LogP contribution >= 0.6 is 23.2 Å². The fraction of sp³-hybridized carbons (Fsp3) is 0.267. The van der Waals surface area contributed by atoms with Gasteiger partial charge in [0.1, 0.15) is 10.2 Å². The van der Waals surface area contributed by atoms with Crippen molar-refractivity contribution in [2.24, 2.45) is 0 Å². The lowest BCUT2D eigenvalue weighted by molar-refractivity contribution is 0.624. The van der Waals surface area contributed by atoms with Crippen LogP contribution in [-0.2, 0) is 0 Å². The Morgan fingerprint density at radius 1 is 0.919 bits per heavy atom. The quantitative estimate of drug-likeness (QED) is 0.172. The van der Waals surface area contributed by atoms with E-state index in [4.69, 9.17) is 34.7 Å². The maximum absolute atomic E-state index is 12.8. The molecule has 0 aromatic heterocycles. The summed E-state index contributed by atoms with van der Waals surface area (Å²) in [7, 11) is 1.65. The van der Waals surface area contributed by atoms with E-state index in [-0.39, 0.29) is 17.3 Å². The molecular weight excluding hydrogens is 511 g/mol. The average Bonchev–Trinajstić information content (AvgIpc) is 2.83. The normalized spacial score (nSPS) is 9.35. The van der Waals surface area contributed by atoms with E-state index >= 15 is 0 Å². The van der Waals surface area contributed by atoms with E-state index in [1.807, 2.05) is 58.0 Å². The number of nitrogens with one attached hydrogen (secondary N) is 1. The smallest absolute Gasteiger partial charge is 0.169 e. The average molecular weight is 553 g/mol. The minimum absolute atomic E-state index is 0.173. The topological polar surface area (TPSA) is 64.1 Å². The molecule has 3 aromatic carbocycles. The lowest BCUT2D eigenvalue weighted by Gasteiger charge is -2.06. The summed E-state index contributed by atoms with van der Waals surface area (Å²) < 4.78 is 25.0. The molecule has 0 saturated carbocycles. The number of rotatable bonds is 4. The molecule has 0 radical (unpaired) electrons. The summed E-state index contributed by atoms with van der Waals surface area (Å²) in [6.45, 7) is 16.6. The number of aryl methyl sites for hydroxylation is 2. The van der Waals surface area contributed by atoms with Crippen LogP contribution in [0.1, 0.15) is 43.9 Å². The molecule has 37 heavy (non-hydrogen) atoms. The van der Waals surface area contributed by atoms with Crippen LogP contribution in [0.3, 0.4) is 0 Å². The summed E-state index contributed by atoms with van der Waals surface area (Å²) in [4.78, 5) is 0. The molecule has 7 heteroatoms. The highest BCUT2D eigenvalue weighted by atomic mass is 35.5. The second kappa shape index (κ2) is 20.1. The van der Waals surface area contributed by atoms with Crippen molar-refractivity contribution < 1.29 is 8.78 Å². The number of allylic oxidation sites excluding steroid dienone is 1. The fourth-order valence-electron chi connectivity index (χ4n) is 2.46. The van der Waals surface area contributed by atoms with Crippen LogP contribution in [-0.4, -0.2) is 11.4 Å². The monoisotopic (exact) mass is 551 g/mol. The van der Waals surface area contributed by atoms with Gasteiger partial charge in [0.15, 0.2) is 5.82 Å². The molecular formula is C30H41Cl2F2N3. The Labute approximate surface area is 232 Å². The standard InChI is InChI=1S/C9H9F.C7H9FN2.C7H9N.C5H8Cl2.C2H6/c1-3-8-5-4-7(2)6-9(8)10;1-10-6-4-2-3-5(9)7(6)8;1-6-3-2-4-7(8)5-6;1-3-4-5(2,6)7;1-2/h3-6H,1H2,2H3;2-4,10H,9H2,1H3;2-5H,8H2,1H3;3H,1,4H2,2H3;1-2H3. The summed E-state index contributed by atoms with van der Waals surface area (Å²) in [6, 6.07) is 17.7. The number of anilines is 3. The molecule has 3 rings (SSSR count). The molecule has 0 atom stereocenters. The first-order chi connectivity index (χ1) is 17.3. The fourth-order valence-corrected chi connectivity index (χ4v) is 2.68.